The van der Waals surface area contributed by atoms with Crippen molar-refractivity contribution < 1.29 is 80.7 Å². The van der Waals surface area contributed by atoms with Gasteiger partial charge in [0.05, 0.1) is 109 Å². The smallest absolute Gasteiger partial charge is 0.406 e. The summed E-state index contributed by atoms with van der Waals surface area (Å²) in [5.74, 6) is 11.6. The summed E-state index contributed by atoms with van der Waals surface area (Å²) in [5, 5.41) is 36.5. The van der Waals surface area contributed by atoms with Gasteiger partial charge in [0.15, 0.2) is 0 Å². The molecule has 0 radical (unpaired) electrons. The molecule has 0 saturated carbocycles. The van der Waals surface area contributed by atoms with Crippen molar-refractivity contribution in [2.24, 2.45) is 10.3 Å². The van der Waals surface area contributed by atoms with Gasteiger partial charge >= 0.3 is 12.4 Å². The van der Waals surface area contributed by atoms with Crippen molar-refractivity contribution in [2.75, 3.05) is 115 Å². The largest absolute Gasteiger partial charge is 0.495 e. The Hall–Kier alpha value is -7.10. The Labute approximate surface area is 504 Å². The van der Waals surface area contributed by atoms with Gasteiger partial charge in [-0.05, 0) is 91.9 Å². The number of alkyl halides is 8. The molecule has 6 aromatic rings. The van der Waals surface area contributed by atoms with E-state index in [4.69, 9.17) is 34.0 Å². The maximum Gasteiger partial charge on any atom is 0.406 e. The Bertz CT molecular complexity index is 3700. The predicted molar refractivity (Wildman–Crippen MR) is 318 cm³/mol. The first-order chi connectivity index (χ1) is 41.7. The van der Waals surface area contributed by atoms with Crippen LogP contribution in [0, 0.1) is 23.7 Å². The van der Waals surface area contributed by atoms with E-state index in [2.05, 4.69) is 50.3 Å². The van der Waals surface area contributed by atoms with Crippen LogP contribution >= 0.6 is 0 Å². The molecule has 3 fully saturated rings. The van der Waals surface area contributed by atoms with E-state index in [1.165, 1.54) is 57.7 Å². The number of likely N-dealkylation sites (tertiary alicyclic amines) is 1. The summed E-state index contributed by atoms with van der Waals surface area (Å²) in [7, 11) is -2.00. The van der Waals surface area contributed by atoms with Gasteiger partial charge in [-0.25, -0.2) is 35.9 Å². The van der Waals surface area contributed by atoms with Gasteiger partial charge in [-0.2, -0.15) is 26.3 Å². The van der Waals surface area contributed by atoms with Gasteiger partial charge in [-0.1, -0.05) is 24.0 Å². The normalized spacial score (nSPS) is 19.1. The van der Waals surface area contributed by atoms with Gasteiger partial charge in [0, 0.05) is 74.7 Å². The molecule has 10 N–H and O–H groups in total. The number of fused-ring (bicyclic) bond motifs is 2. The number of hydrogen-bond acceptors (Lipinski definition) is 16. The molecule has 0 spiro atoms. The van der Waals surface area contributed by atoms with E-state index < -0.39 is 76.0 Å². The highest BCUT2D eigenvalue weighted by atomic mass is 32.2. The first-order valence-corrected chi connectivity index (χ1v) is 30.5. The summed E-state index contributed by atoms with van der Waals surface area (Å²) in [6.07, 6.45) is -10.7. The lowest BCUT2D eigenvalue weighted by atomic mass is 10.0. The van der Waals surface area contributed by atoms with Crippen molar-refractivity contribution >= 4 is 64.6 Å². The predicted octanol–water partition coefficient (Wildman–Crippen LogP) is 6.62. The zero-order valence-corrected chi connectivity index (χ0v) is 50.0. The number of β-amino-alcohol motifs (C(OH)–C–C–N with tert-alkyl or cyclic N) is 1. The molecule has 0 unspecified atom stereocenters. The second-order valence-corrected chi connectivity index (χ2v) is 23.8. The number of primary sulfonamides is 2. The summed E-state index contributed by atoms with van der Waals surface area (Å²) < 4.78 is 184. The molecule has 0 bridgehead atoms. The monoisotopic (exact) mass is 1280 g/mol. The molecular formula is C58H70F8N10O10S2. The zero-order valence-electron chi connectivity index (χ0n) is 48.4. The van der Waals surface area contributed by atoms with Crippen LogP contribution < -0.4 is 46.3 Å². The van der Waals surface area contributed by atoms with Crippen LogP contribution in [0.25, 0.3) is 21.8 Å². The number of methoxy groups -OCH3 is 4. The fraction of sp³-hybridized carbons (Fsp3) is 0.448. The highest BCUT2D eigenvalue weighted by Crippen LogP contribution is 2.35. The van der Waals surface area contributed by atoms with Crippen LogP contribution in [0.15, 0.2) is 94.7 Å². The number of nitrogens with two attached hydrogens (primary N) is 2. The Balaban J connectivity index is 0.000000230. The number of nitrogens with zero attached hydrogens (tertiary/aromatic N) is 3. The molecule has 3 aliphatic heterocycles. The van der Waals surface area contributed by atoms with Crippen molar-refractivity contribution in [1.29, 1.82) is 0 Å². The lowest BCUT2D eigenvalue weighted by Crippen LogP contribution is -2.50. The molecule has 6 atom stereocenters. The number of anilines is 4. The second kappa shape index (κ2) is 30.4. The standard InChI is InChI=1S/C29H35F4N5O5S.C25H27F4N5O3S.C4H8O2/c1-42-17-20(39)15-37-12-10-25(23(30)16-37)36-24-6-3-7-27-22(24)13-19(38(27)18-29(31,32)33)5-4-11-35-26-9-8-21(44(34,40)41)14-28(26)43-2;1-37-24-13-17(38(30,35)36)7-8-22(24)32-10-3-4-16-12-18-20(33-21-9-11-31-14-19(21)26)5-2-6-23(18)34(16)15-25(27,28)29;1-5-2-4-3-6-4/h3,6-9,13-14,20,23,25,35-36,39H,10-12,15-18H2,1-2H3,(H2,34,40,41);2,5-8,12-13,19,21,31-33H,9-11,14-15H2,1H3,(H2,30,35,36);4H,2-3H2,1H3/t20-,23-,25+;19-,21+;4-/m110/s1. The molecule has 3 aliphatic rings. The Kier molecular flexibility index (Phi) is 23.6. The molecular weight excluding hydrogens is 1210 g/mol. The Morgan fingerprint density at radius 1 is 0.693 bits per heavy atom. The third kappa shape index (κ3) is 19.7. The quantitative estimate of drug-likeness (QED) is 0.0227. The third-order valence-electron chi connectivity index (χ3n) is 14.0. The molecule has 0 aliphatic carbocycles. The van der Waals surface area contributed by atoms with Gasteiger partial charge in [0.2, 0.25) is 20.0 Å². The van der Waals surface area contributed by atoms with Crippen LogP contribution in [-0.2, 0) is 47.3 Å². The number of aliphatic hydroxyl groups is 1. The number of rotatable bonds is 20. The zero-order chi connectivity index (χ0) is 64.0. The molecule has 0 amide bonds. The molecule has 20 nitrogen and oxygen atoms in total. The number of hydrogen-bond donors (Lipinski definition) is 8. The average Bonchev–Trinajstić information content (AvgIpc) is 1.74. The van der Waals surface area contributed by atoms with Gasteiger partial charge < -0.3 is 64.5 Å². The minimum Gasteiger partial charge on any atom is -0.495 e. The average molecular weight is 1280 g/mol. The van der Waals surface area contributed by atoms with Gasteiger partial charge in [0.1, 0.15) is 43.0 Å². The summed E-state index contributed by atoms with van der Waals surface area (Å²) in [6, 6.07) is 19.8. The maximum atomic E-state index is 15.2. The van der Waals surface area contributed by atoms with Crippen LogP contribution in [-0.4, -0.2) is 179 Å². The SMILES string of the molecule is COC[C@H](O)CN1CC[C@H](Nc2cccc3c2cc(C#CCNc2ccc(S(N)(=O)=O)cc2OC)n3CC(F)(F)F)[C@H](F)C1.COC[C@H]1CO1.COc1cc(S(N)(=O)=O)ccc1NCC#Cc1cc2c(N[C@H]3CCNC[C@H]3F)cccc2n1CC(F)(F)F. The number of aromatic nitrogens is 2. The Morgan fingerprint density at radius 2 is 1.18 bits per heavy atom. The van der Waals surface area contributed by atoms with Crippen LogP contribution in [0.3, 0.4) is 0 Å². The van der Waals surface area contributed by atoms with E-state index in [0.29, 0.717) is 76.6 Å². The first-order valence-electron chi connectivity index (χ1n) is 27.5. The third-order valence-corrected chi connectivity index (χ3v) is 15.9. The number of piperidine rings is 2. The van der Waals surface area contributed by atoms with E-state index in [1.807, 2.05) is 4.90 Å². The molecule has 9 rings (SSSR count). The molecule has 3 saturated heterocycles. The van der Waals surface area contributed by atoms with Crippen molar-refractivity contribution in [3.8, 4) is 35.2 Å². The van der Waals surface area contributed by atoms with Crippen molar-refractivity contribution in [3.63, 3.8) is 0 Å². The van der Waals surface area contributed by atoms with E-state index in [1.54, 1.807) is 55.6 Å². The lowest BCUT2D eigenvalue weighted by Gasteiger charge is -2.36. The number of halogens is 8. The molecule has 5 heterocycles. The van der Waals surface area contributed by atoms with Crippen molar-refractivity contribution in [3.05, 3.63) is 96.3 Å². The summed E-state index contributed by atoms with van der Waals surface area (Å²) in [4.78, 5) is 1.55. The second-order valence-electron chi connectivity index (χ2n) is 20.7. The van der Waals surface area contributed by atoms with Crippen LogP contribution in [0.2, 0.25) is 0 Å². The lowest BCUT2D eigenvalue weighted by molar-refractivity contribution is -0.140. The maximum absolute atomic E-state index is 15.2. The molecule has 30 heteroatoms. The van der Waals surface area contributed by atoms with E-state index >= 15 is 4.39 Å². The molecule has 88 heavy (non-hydrogen) atoms. The van der Waals surface area contributed by atoms with Crippen LogP contribution in [0.1, 0.15) is 24.2 Å². The fourth-order valence-corrected chi connectivity index (χ4v) is 10.9. The van der Waals surface area contributed by atoms with E-state index in [0.717, 1.165) is 22.3 Å². The topological polar surface area (TPSA) is 263 Å². The number of benzene rings is 4. The molecule has 2 aromatic heterocycles. The number of aliphatic hydroxyl groups excluding tert-OH is 1. The highest BCUT2D eigenvalue weighted by molar-refractivity contribution is 7.89. The van der Waals surface area contributed by atoms with Crippen LogP contribution in [0.5, 0.6) is 11.5 Å². The van der Waals surface area contributed by atoms with Gasteiger partial charge in [0.25, 0.3) is 0 Å². The minimum atomic E-state index is -4.52. The number of sulfonamides is 2. The van der Waals surface area contributed by atoms with Crippen molar-refractivity contribution in [2.45, 2.75) is 84.7 Å². The summed E-state index contributed by atoms with van der Waals surface area (Å²) in [5.41, 5.74) is 2.75. The first kappa shape index (κ1) is 68.4. The van der Waals surface area contributed by atoms with Gasteiger partial charge in [-0.15, -0.1) is 0 Å². The number of epoxide rings is 1. The molecule has 480 valence electrons. The number of nitrogens with one attached hydrogen (secondary N) is 5. The minimum absolute atomic E-state index is 0.00488. The van der Waals surface area contributed by atoms with E-state index in [-0.39, 0.29) is 72.0 Å². The van der Waals surface area contributed by atoms with E-state index in [9.17, 15) is 52.7 Å². The van der Waals surface area contributed by atoms with Crippen LogP contribution in [0.4, 0.5) is 57.9 Å². The number of ether oxygens (including phenoxy) is 5. The summed E-state index contributed by atoms with van der Waals surface area (Å²) >= 11 is 0. The summed E-state index contributed by atoms with van der Waals surface area (Å²) in [6.45, 7) is 1.10. The van der Waals surface area contributed by atoms with Crippen molar-refractivity contribution in [1.82, 2.24) is 19.4 Å². The molecule has 4 aromatic carbocycles. The fourth-order valence-electron chi connectivity index (χ4n) is 9.84. The van der Waals surface area contributed by atoms with Gasteiger partial charge in [-0.3, -0.25) is 4.90 Å². The highest BCUT2D eigenvalue weighted by Gasteiger charge is 2.34. The Morgan fingerprint density at radius 3 is 1.58 bits per heavy atom.